The third-order valence-corrected chi connectivity index (χ3v) is 4.14. The highest BCUT2D eigenvalue weighted by Gasteiger charge is 2.14. The van der Waals surface area contributed by atoms with E-state index in [1.54, 1.807) is 0 Å². The zero-order valence-electron chi connectivity index (χ0n) is 14.5. The van der Waals surface area contributed by atoms with Crippen LogP contribution in [-0.2, 0) is 11.2 Å². The summed E-state index contributed by atoms with van der Waals surface area (Å²) in [4.78, 5) is 11.8. The molecule has 0 aliphatic heterocycles. The molecule has 6 nitrogen and oxygen atoms in total. The average molecular weight is 331 g/mol. The van der Waals surface area contributed by atoms with Crippen LogP contribution in [-0.4, -0.2) is 33.9 Å². The highest BCUT2D eigenvalue weighted by Crippen LogP contribution is 2.18. The van der Waals surface area contributed by atoms with Crippen LogP contribution in [0.1, 0.15) is 38.1 Å². The lowest BCUT2D eigenvalue weighted by Gasteiger charge is -2.17. The second-order valence-corrected chi connectivity index (χ2v) is 6.12. The van der Waals surface area contributed by atoms with Crippen LogP contribution in [0.15, 0.2) is 28.7 Å². The van der Waals surface area contributed by atoms with Crippen molar-refractivity contribution in [3.63, 3.8) is 0 Å². The quantitative estimate of drug-likeness (QED) is 0.776. The summed E-state index contributed by atoms with van der Waals surface area (Å²) < 4.78 is 5.59. The molecular weight excluding hydrogens is 306 g/mol. The van der Waals surface area contributed by atoms with Gasteiger partial charge in [-0.2, -0.15) is 0 Å². The van der Waals surface area contributed by atoms with Gasteiger partial charge < -0.3 is 14.8 Å². The summed E-state index contributed by atoms with van der Waals surface area (Å²) >= 11 is 0. The van der Waals surface area contributed by atoms with Crippen molar-refractivity contribution in [2.75, 3.05) is 6.54 Å². The van der Waals surface area contributed by atoms with Crippen LogP contribution in [0, 0.1) is 12.8 Å². The van der Waals surface area contributed by atoms with Crippen LogP contribution in [0.25, 0.3) is 11.5 Å². The maximum Gasteiger partial charge on any atom is 0.247 e. The van der Waals surface area contributed by atoms with Crippen molar-refractivity contribution in [1.29, 1.82) is 0 Å². The van der Waals surface area contributed by atoms with Gasteiger partial charge in [0.15, 0.2) is 0 Å². The van der Waals surface area contributed by atoms with E-state index in [1.807, 2.05) is 45.0 Å². The number of carbonyl (C=O) groups excluding carboxylic acids is 1. The first kappa shape index (κ1) is 18.1. The third-order valence-electron chi connectivity index (χ3n) is 4.14. The van der Waals surface area contributed by atoms with Crippen LogP contribution in [0.4, 0.5) is 0 Å². The van der Waals surface area contributed by atoms with E-state index in [1.165, 1.54) is 0 Å². The molecule has 130 valence electrons. The van der Waals surface area contributed by atoms with Gasteiger partial charge in [0.1, 0.15) is 0 Å². The van der Waals surface area contributed by atoms with Gasteiger partial charge in [-0.25, -0.2) is 0 Å². The monoisotopic (exact) mass is 331 g/mol. The van der Waals surface area contributed by atoms with Gasteiger partial charge >= 0.3 is 0 Å². The van der Waals surface area contributed by atoms with Gasteiger partial charge in [0.25, 0.3) is 0 Å². The minimum atomic E-state index is -0.518. The maximum absolute atomic E-state index is 11.8. The largest absolute Gasteiger partial charge is 0.421 e. The Balaban J connectivity index is 1.80. The minimum absolute atomic E-state index is 0.132. The first-order chi connectivity index (χ1) is 11.5. The standard InChI is InChI=1S/C18H25N3O3/c1-4-13(3)15(22)11-19-16(23)9-10-17-20-21-18(24-17)14-7-5-12(2)6-8-14/h5-8,13,15,22H,4,9-11H2,1-3H3,(H,19,23). The zero-order chi connectivity index (χ0) is 17.5. The number of aliphatic hydroxyl groups excluding tert-OH is 1. The second-order valence-electron chi connectivity index (χ2n) is 6.12. The van der Waals surface area contributed by atoms with Crippen molar-refractivity contribution in [2.45, 2.75) is 46.1 Å². The molecule has 0 radical (unpaired) electrons. The van der Waals surface area contributed by atoms with Crippen LogP contribution >= 0.6 is 0 Å². The lowest BCUT2D eigenvalue weighted by atomic mass is 10.0. The van der Waals surface area contributed by atoms with E-state index in [0.29, 0.717) is 18.2 Å². The molecule has 2 N–H and O–H groups in total. The zero-order valence-corrected chi connectivity index (χ0v) is 14.5. The van der Waals surface area contributed by atoms with Crippen molar-refractivity contribution < 1.29 is 14.3 Å². The van der Waals surface area contributed by atoms with Crippen LogP contribution < -0.4 is 5.32 Å². The lowest BCUT2D eigenvalue weighted by molar-refractivity contribution is -0.121. The van der Waals surface area contributed by atoms with Gasteiger partial charge in [0, 0.05) is 24.9 Å². The predicted octanol–water partition coefficient (Wildman–Crippen LogP) is 2.50. The van der Waals surface area contributed by atoms with Crippen molar-refractivity contribution in [2.24, 2.45) is 5.92 Å². The second kappa shape index (κ2) is 8.59. The van der Waals surface area contributed by atoms with E-state index in [2.05, 4.69) is 15.5 Å². The molecule has 0 spiro atoms. The minimum Gasteiger partial charge on any atom is -0.421 e. The summed E-state index contributed by atoms with van der Waals surface area (Å²) in [6.45, 7) is 6.25. The summed E-state index contributed by atoms with van der Waals surface area (Å²) in [5.41, 5.74) is 2.02. The number of aromatic nitrogens is 2. The summed E-state index contributed by atoms with van der Waals surface area (Å²) in [7, 11) is 0. The smallest absolute Gasteiger partial charge is 0.247 e. The number of nitrogens with one attached hydrogen (secondary N) is 1. The molecule has 0 aliphatic rings. The molecule has 6 heteroatoms. The molecule has 0 aliphatic carbocycles. The highest BCUT2D eigenvalue weighted by atomic mass is 16.4. The molecule has 1 heterocycles. The molecule has 0 saturated heterocycles. The molecular formula is C18H25N3O3. The van der Waals surface area contributed by atoms with Gasteiger partial charge in [-0.3, -0.25) is 4.79 Å². The number of amides is 1. The Hall–Kier alpha value is -2.21. The molecule has 0 fully saturated rings. The van der Waals surface area contributed by atoms with Crippen molar-refractivity contribution in [1.82, 2.24) is 15.5 Å². The fourth-order valence-corrected chi connectivity index (χ4v) is 2.17. The van der Waals surface area contributed by atoms with Crippen molar-refractivity contribution in [3.8, 4) is 11.5 Å². The molecule has 0 saturated carbocycles. The molecule has 1 aromatic heterocycles. The fourth-order valence-electron chi connectivity index (χ4n) is 2.17. The first-order valence-electron chi connectivity index (χ1n) is 8.33. The van der Waals surface area contributed by atoms with Gasteiger partial charge in [0.2, 0.25) is 17.7 Å². The summed E-state index contributed by atoms with van der Waals surface area (Å²) in [5.74, 6) is 0.923. The molecule has 1 amide bonds. The number of aryl methyl sites for hydroxylation is 2. The molecule has 1 aromatic carbocycles. The van der Waals surface area contributed by atoms with Crippen LogP contribution in [0.3, 0.4) is 0 Å². The number of rotatable bonds is 8. The Kier molecular flexibility index (Phi) is 6.49. The number of nitrogens with zero attached hydrogens (tertiary/aromatic N) is 2. The average Bonchev–Trinajstić information content (AvgIpc) is 3.06. The Morgan fingerprint density at radius 2 is 2.00 bits per heavy atom. The van der Waals surface area contributed by atoms with E-state index < -0.39 is 6.10 Å². The fraction of sp³-hybridized carbons (Fsp3) is 0.500. The lowest BCUT2D eigenvalue weighted by Crippen LogP contribution is -2.35. The van der Waals surface area contributed by atoms with Crippen LogP contribution in [0.2, 0.25) is 0 Å². The summed E-state index contributed by atoms with van der Waals surface area (Å²) in [5, 5.41) is 20.6. The van der Waals surface area contributed by atoms with Crippen molar-refractivity contribution >= 4 is 5.91 Å². The van der Waals surface area contributed by atoms with Gasteiger partial charge in [-0.15, -0.1) is 10.2 Å². The van der Waals surface area contributed by atoms with Gasteiger partial charge in [-0.05, 0) is 25.0 Å². The summed E-state index contributed by atoms with van der Waals surface area (Å²) in [6, 6.07) is 7.82. The topological polar surface area (TPSA) is 88.2 Å². The number of aliphatic hydroxyl groups is 1. The molecule has 2 unspecified atom stereocenters. The number of benzene rings is 1. The normalized spacial score (nSPS) is 13.5. The highest BCUT2D eigenvalue weighted by molar-refractivity contribution is 5.76. The number of hydrogen-bond donors (Lipinski definition) is 2. The molecule has 2 aromatic rings. The molecule has 2 atom stereocenters. The van der Waals surface area contributed by atoms with E-state index in [-0.39, 0.29) is 24.8 Å². The van der Waals surface area contributed by atoms with Crippen molar-refractivity contribution in [3.05, 3.63) is 35.7 Å². The van der Waals surface area contributed by atoms with Gasteiger partial charge in [-0.1, -0.05) is 38.0 Å². The maximum atomic E-state index is 11.8. The van der Waals surface area contributed by atoms with E-state index in [4.69, 9.17) is 4.42 Å². The first-order valence-corrected chi connectivity index (χ1v) is 8.33. The molecule has 0 bridgehead atoms. The Labute approximate surface area is 142 Å². The third kappa shape index (κ3) is 5.16. The summed E-state index contributed by atoms with van der Waals surface area (Å²) in [6.07, 6.45) is 0.990. The van der Waals surface area contributed by atoms with Crippen LogP contribution in [0.5, 0.6) is 0 Å². The Morgan fingerprint density at radius 3 is 2.67 bits per heavy atom. The van der Waals surface area contributed by atoms with Gasteiger partial charge in [0.05, 0.1) is 6.10 Å². The Morgan fingerprint density at radius 1 is 1.29 bits per heavy atom. The molecule has 2 rings (SSSR count). The van der Waals surface area contributed by atoms with E-state index in [0.717, 1.165) is 17.5 Å². The predicted molar refractivity (Wildman–Crippen MR) is 91.3 cm³/mol. The van der Waals surface area contributed by atoms with E-state index >= 15 is 0 Å². The molecule has 24 heavy (non-hydrogen) atoms. The Bertz CT molecular complexity index is 652. The SMILES string of the molecule is CCC(C)C(O)CNC(=O)CCc1nnc(-c2ccc(C)cc2)o1. The number of hydrogen-bond acceptors (Lipinski definition) is 5. The van der Waals surface area contributed by atoms with E-state index in [9.17, 15) is 9.90 Å². The number of carbonyl (C=O) groups is 1.